The summed E-state index contributed by atoms with van der Waals surface area (Å²) in [6.45, 7) is 0.435. The topological polar surface area (TPSA) is 46.2 Å². The minimum absolute atomic E-state index is 0.173. The van der Waals surface area contributed by atoms with Crippen LogP contribution in [-0.2, 0) is 0 Å². The molecule has 3 heteroatoms. The van der Waals surface area contributed by atoms with Gasteiger partial charge in [0, 0.05) is 12.1 Å². The van der Waals surface area contributed by atoms with Gasteiger partial charge in [0.15, 0.2) is 0 Å². The smallest absolute Gasteiger partial charge is 0.124 e. The van der Waals surface area contributed by atoms with Crippen LogP contribution in [0.4, 0.5) is 0 Å². The summed E-state index contributed by atoms with van der Waals surface area (Å²) in [5.41, 5.74) is 5.88. The third-order valence-electron chi connectivity index (χ3n) is 1.45. The van der Waals surface area contributed by atoms with Crippen LogP contribution in [0.15, 0.2) is 24.3 Å². The summed E-state index contributed by atoms with van der Waals surface area (Å²) >= 11 is 5.81. The van der Waals surface area contributed by atoms with Gasteiger partial charge in [0.25, 0.3) is 0 Å². The molecule has 0 spiro atoms. The summed E-state index contributed by atoms with van der Waals surface area (Å²) in [5, 5.41) is 9.87. The largest absolute Gasteiger partial charge is 0.507 e. The molecule has 0 aliphatic heterocycles. The Morgan fingerprint density at radius 3 is 2.83 bits per heavy atom. The Morgan fingerprint density at radius 2 is 2.25 bits per heavy atom. The first-order valence-electron chi connectivity index (χ1n) is 3.60. The average molecular weight is 184 g/mol. The third kappa shape index (κ3) is 2.00. The van der Waals surface area contributed by atoms with Crippen molar-refractivity contribution < 1.29 is 5.11 Å². The van der Waals surface area contributed by atoms with Crippen LogP contribution in [-0.4, -0.2) is 11.7 Å². The normalized spacial score (nSPS) is 10.8. The molecular formula is C9H10ClNO. The zero-order chi connectivity index (χ0) is 8.97. The maximum absolute atomic E-state index is 9.34. The summed E-state index contributed by atoms with van der Waals surface area (Å²) < 4.78 is 0. The molecule has 0 aliphatic carbocycles. The molecule has 0 fully saturated rings. The molecule has 0 aliphatic rings. The van der Waals surface area contributed by atoms with Crippen molar-refractivity contribution in [3.63, 3.8) is 0 Å². The van der Waals surface area contributed by atoms with Crippen molar-refractivity contribution in [3.8, 4) is 5.75 Å². The second kappa shape index (κ2) is 4.14. The molecule has 0 unspecified atom stereocenters. The molecular weight excluding hydrogens is 174 g/mol. The molecule has 0 bridgehead atoms. The summed E-state index contributed by atoms with van der Waals surface area (Å²) in [5.74, 6) is 0.173. The van der Waals surface area contributed by atoms with Crippen LogP contribution in [0.2, 0.25) is 5.02 Å². The molecule has 0 radical (unpaired) electrons. The minimum atomic E-state index is 0.173. The molecule has 1 aromatic carbocycles. The summed E-state index contributed by atoms with van der Waals surface area (Å²) in [6.07, 6.45) is 3.44. The molecule has 0 heterocycles. The molecule has 3 N–H and O–H groups in total. The van der Waals surface area contributed by atoms with E-state index >= 15 is 0 Å². The standard InChI is InChI=1S/C9H10ClNO/c10-8-4-1-5-9(12)7(8)3-2-6-11/h1-5,12H,6,11H2/b3-2+. The van der Waals surface area contributed by atoms with Gasteiger partial charge in [-0.3, -0.25) is 0 Å². The molecule has 1 rings (SSSR count). The highest BCUT2D eigenvalue weighted by Gasteiger charge is 2.00. The van der Waals surface area contributed by atoms with Gasteiger partial charge in [-0.05, 0) is 12.1 Å². The highest BCUT2D eigenvalue weighted by Crippen LogP contribution is 2.26. The lowest BCUT2D eigenvalue weighted by Crippen LogP contribution is -1.92. The van der Waals surface area contributed by atoms with Gasteiger partial charge in [-0.2, -0.15) is 0 Å². The molecule has 0 atom stereocenters. The quantitative estimate of drug-likeness (QED) is 0.737. The van der Waals surface area contributed by atoms with Crippen molar-refractivity contribution in [1.82, 2.24) is 0 Å². The number of phenols is 1. The van der Waals surface area contributed by atoms with E-state index in [1.165, 1.54) is 0 Å². The van der Waals surface area contributed by atoms with Gasteiger partial charge < -0.3 is 10.8 Å². The Hall–Kier alpha value is -0.990. The van der Waals surface area contributed by atoms with Gasteiger partial charge in [0.05, 0.1) is 5.02 Å². The second-order valence-electron chi connectivity index (χ2n) is 2.31. The molecule has 0 amide bonds. The maximum atomic E-state index is 9.34. The minimum Gasteiger partial charge on any atom is -0.507 e. The Bertz CT molecular complexity index is 276. The Morgan fingerprint density at radius 1 is 1.50 bits per heavy atom. The summed E-state index contributed by atoms with van der Waals surface area (Å²) in [7, 11) is 0. The first kappa shape index (κ1) is 9.10. The van der Waals surface area contributed by atoms with Crippen LogP contribution in [0, 0.1) is 0 Å². The molecule has 64 valence electrons. The first-order chi connectivity index (χ1) is 5.75. The fraction of sp³-hybridized carbons (Fsp3) is 0.111. The number of rotatable bonds is 2. The van der Waals surface area contributed by atoms with Gasteiger partial charge in [-0.1, -0.05) is 29.8 Å². The Labute approximate surface area is 76.3 Å². The lowest BCUT2D eigenvalue weighted by Gasteiger charge is -2.00. The van der Waals surface area contributed by atoms with Crippen LogP contribution < -0.4 is 5.73 Å². The predicted octanol–water partition coefficient (Wildman–Crippen LogP) is 2.02. The van der Waals surface area contributed by atoms with Crippen molar-refractivity contribution in [2.24, 2.45) is 5.73 Å². The maximum Gasteiger partial charge on any atom is 0.124 e. The number of halogens is 1. The zero-order valence-electron chi connectivity index (χ0n) is 6.50. The number of nitrogens with two attached hydrogens (primary N) is 1. The van der Waals surface area contributed by atoms with Crippen LogP contribution in [0.1, 0.15) is 5.56 Å². The van der Waals surface area contributed by atoms with E-state index in [0.29, 0.717) is 17.1 Å². The van der Waals surface area contributed by atoms with E-state index in [0.717, 1.165) is 0 Å². The fourth-order valence-corrected chi connectivity index (χ4v) is 1.11. The van der Waals surface area contributed by atoms with E-state index in [1.54, 1.807) is 30.4 Å². The Balaban J connectivity index is 3.04. The van der Waals surface area contributed by atoms with E-state index in [1.807, 2.05) is 0 Å². The monoisotopic (exact) mass is 183 g/mol. The van der Waals surface area contributed by atoms with Crippen molar-refractivity contribution in [1.29, 1.82) is 0 Å². The lowest BCUT2D eigenvalue weighted by atomic mass is 10.2. The van der Waals surface area contributed by atoms with Crippen molar-refractivity contribution >= 4 is 17.7 Å². The van der Waals surface area contributed by atoms with Crippen molar-refractivity contribution in [2.45, 2.75) is 0 Å². The van der Waals surface area contributed by atoms with Gasteiger partial charge in [0.1, 0.15) is 5.75 Å². The fourth-order valence-electron chi connectivity index (χ4n) is 0.877. The zero-order valence-corrected chi connectivity index (χ0v) is 7.25. The number of aromatic hydroxyl groups is 1. The molecule has 0 saturated heterocycles. The molecule has 0 saturated carbocycles. The first-order valence-corrected chi connectivity index (χ1v) is 3.97. The highest BCUT2D eigenvalue weighted by atomic mass is 35.5. The molecule has 12 heavy (non-hydrogen) atoms. The van der Waals surface area contributed by atoms with Crippen molar-refractivity contribution in [3.05, 3.63) is 34.9 Å². The van der Waals surface area contributed by atoms with Crippen LogP contribution >= 0.6 is 11.6 Å². The lowest BCUT2D eigenvalue weighted by molar-refractivity contribution is 0.474. The van der Waals surface area contributed by atoms with Crippen LogP contribution in [0.5, 0.6) is 5.75 Å². The van der Waals surface area contributed by atoms with E-state index < -0.39 is 0 Å². The SMILES string of the molecule is NC/C=C/c1c(O)cccc1Cl. The van der Waals surface area contributed by atoms with E-state index in [-0.39, 0.29) is 5.75 Å². The van der Waals surface area contributed by atoms with Crippen LogP contribution in [0.3, 0.4) is 0 Å². The van der Waals surface area contributed by atoms with E-state index in [4.69, 9.17) is 17.3 Å². The molecule has 2 nitrogen and oxygen atoms in total. The van der Waals surface area contributed by atoms with Crippen LogP contribution in [0.25, 0.3) is 6.08 Å². The summed E-state index contributed by atoms with van der Waals surface area (Å²) in [4.78, 5) is 0. The van der Waals surface area contributed by atoms with Crippen molar-refractivity contribution in [2.75, 3.05) is 6.54 Å². The summed E-state index contributed by atoms with van der Waals surface area (Å²) in [6, 6.07) is 5.00. The van der Waals surface area contributed by atoms with Gasteiger partial charge >= 0.3 is 0 Å². The highest BCUT2D eigenvalue weighted by molar-refractivity contribution is 6.32. The van der Waals surface area contributed by atoms with E-state index in [2.05, 4.69) is 0 Å². The number of benzene rings is 1. The molecule has 0 aromatic heterocycles. The third-order valence-corrected chi connectivity index (χ3v) is 1.78. The average Bonchev–Trinajstić information content (AvgIpc) is 2.04. The number of hydrogen-bond acceptors (Lipinski definition) is 2. The van der Waals surface area contributed by atoms with Gasteiger partial charge in [-0.25, -0.2) is 0 Å². The van der Waals surface area contributed by atoms with Gasteiger partial charge in [-0.15, -0.1) is 0 Å². The number of hydrogen-bond donors (Lipinski definition) is 2. The van der Waals surface area contributed by atoms with Gasteiger partial charge in [0.2, 0.25) is 0 Å². The second-order valence-corrected chi connectivity index (χ2v) is 2.72. The predicted molar refractivity (Wildman–Crippen MR) is 51.2 cm³/mol. The number of phenolic OH excluding ortho intramolecular Hbond substituents is 1. The molecule has 1 aromatic rings. The van der Waals surface area contributed by atoms with E-state index in [9.17, 15) is 5.11 Å². The Kier molecular flexibility index (Phi) is 3.14.